The SMILES string of the molecule is C/C(C[C@@H]1OC[C@@H](O)[C@H](O)[C@H]1O)=N/O. The highest BCUT2D eigenvalue weighted by Crippen LogP contribution is 2.18. The molecule has 1 rings (SSSR count). The summed E-state index contributed by atoms with van der Waals surface area (Å²) in [6, 6.07) is 0. The van der Waals surface area contributed by atoms with E-state index in [2.05, 4.69) is 5.16 Å². The summed E-state index contributed by atoms with van der Waals surface area (Å²) in [4.78, 5) is 0. The van der Waals surface area contributed by atoms with E-state index in [-0.39, 0.29) is 13.0 Å². The summed E-state index contributed by atoms with van der Waals surface area (Å²) in [5.74, 6) is 0. The molecule has 0 saturated carbocycles. The standard InChI is InChI=1S/C8H15NO5/c1-4(9-13)2-6-8(12)7(11)5(10)3-14-6/h5-8,10-13H,2-3H2,1H3/b9-4-/t5-,6+,7+,8+/m1/s1. The van der Waals surface area contributed by atoms with Crippen molar-refractivity contribution >= 4 is 5.71 Å². The molecule has 1 saturated heterocycles. The van der Waals surface area contributed by atoms with Crippen molar-refractivity contribution in [2.24, 2.45) is 5.16 Å². The van der Waals surface area contributed by atoms with Crippen LogP contribution < -0.4 is 0 Å². The number of rotatable bonds is 2. The lowest BCUT2D eigenvalue weighted by molar-refractivity contribution is -0.184. The van der Waals surface area contributed by atoms with Gasteiger partial charge >= 0.3 is 0 Å². The molecular weight excluding hydrogens is 190 g/mol. The summed E-state index contributed by atoms with van der Waals surface area (Å²) in [5, 5.41) is 39.3. The molecule has 0 amide bonds. The third-order valence-corrected chi connectivity index (χ3v) is 2.27. The molecule has 0 radical (unpaired) electrons. The summed E-state index contributed by atoms with van der Waals surface area (Å²) < 4.78 is 5.09. The highest BCUT2D eigenvalue weighted by molar-refractivity contribution is 5.81. The smallest absolute Gasteiger partial charge is 0.111 e. The van der Waals surface area contributed by atoms with Gasteiger partial charge in [-0.2, -0.15) is 0 Å². The third kappa shape index (κ3) is 2.42. The maximum absolute atomic E-state index is 9.48. The quantitative estimate of drug-likeness (QED) is 0.255. The Bertz CT molecular complexity index is 220. The Morgan fingerprint density at radius 2 is 2.00 bits per heavy atom. The van der Waals surface area contributed by atoms with Crippen LogP contribution in [0, 0.1) is 0 Å². The minimum Gasteiger partial charge on any atom is -0.411 e. The fourth-order valence-corrected chi connectivity index (χ4v) is 1.38. The van der Waals surface area contributed by atoms with E-state index in [1.165, 1.54) is 0 Å². The van der Waals surface area contributed by atoms with Gasteiger partial charge in [-0.3, -0.25) is 0 Å². The first-order valence-electron chi connectivity index (χ1n) is 4.39. The molecule has 0 aliphatic carbocycles. The van der Waals surface area contributed by atoms with Crippen molar-refractivity contribution < 1.29 is 25.3 Å². The molecule has 14 heavy (non-hydrogen) atoms. The van der Waals surface area contributed by atoms with Crippen molar-refractivity contribution in [3.05, 3.63) is 0 Å². The zero-order valence-corrected chi connectivity index (χ0v) is 7.87. The number of aliphatic hydroxyl groups is 3. The molecule has 4 N–H and O–H groups in total. The molecule has 6 nitrogen and oxygen atoms in total. The van der Waals surface area contributed by atoms with E-state index in [9.17, 15) is 10.2 Å². The van der Waals surface area contributed by atoms with Gasteiger partial charge in [0.1, 0.15) is 18.3 Å². The maximum atomic E-state index is 9.48. The topological polar surface area (TPSA) is 103 Å². The van der Waals surface area contributed by atoms with Gasteiger partial charge < -0.3 is 25.3 Å². The van der Waals surface area contributed by atoms with Gasteiger partial charge in [-0.05, 0) is 6.92 Å². The molecule has 1 aliphatic heterocycles. The molecule has 82 valence electrons. The maximum Gasteiger partial charge on any atom is 0.111 e. The molecule has 1 fully saturated rings. The first-order valence-corrected chi connectivity index (χ1v) is 4.39. The average Bonchev–Trinajstić information content (AvgIpc) is 2.19. The van der Waals surface area contributed by atoms with Crippen molar-refractivity contribution in [2.75, 3.05) is 6.61 Å². The molecule has 4 atom stereocenters. The summed E-state index contributed by atoms with van der Waals surface area (Å²) in [5.41, 5.74) is 0.401. The molecular formula is C8H15NO5. The van der Waals surface area contributed by atoms with E-state index >= 15 is 0 Å². The van der Waals surface area contributed by atoms with Crippen LogP contribution in [0.3, 0.4) is 0 Å². The highest BCUT2D eigenvalue weighted by atomic mass is 16.5. The molecule has 1 aliphatic rings. The minimum atomic E-state index is -1.21. The van der Waals surface area contributed by atoms with E-state index in [4.69, 9.17) is 15.1 Å². The Morgan fingerprint density at radius 1 is 1.36 bits per heavy atom. The van der Waals surface area contributed by atoms with Crippen molar-refractivity contribution in [1.82, 2.24) is 0 Å². The van der Waals surface area contributed by atoms with Crippen LogP contribution in [0.15, 0.2) is 5.16 Å². The predicted molar refractivity (Wildman–Crippen MR) is 47.3 cm³/mol. The Kier molecular flexibility index (Phi) is 3.82. The van der Waals surface area contributed by atoms with Gasteiger partial charge in [0.15, 0.2) is 0 Å². The Labute approximate surface area is 81.4 Å². The Morgan fingerprint density at radius 3 is 2.57 bits per heavy atom. The van der Waals surface area contributed by atoms with Gasteiger partial charge in [-0.25, -0.2) is 0 Å². The Balaban J connectivity index is 2.55. The highest BCUT2D eigenvalue weighted by Gasteiger charge is 2.37. The molecule has 0 spiro atoms. The molecule has 0 aromatic heterocycles. The fraction of sp³-hybridized carbons (Fsp3) is 0.875. The molecule has 0 aromatic rings. The van der Waals surface area contributed by atoms with Crippen LogP contribution in [0.4, 0.5) is 0 Å². The van der Waals surface area contributed by atoms with E-state index in [1.807, 2.05) is 0 Å². The number of oxime groups is 1. The van der Waals surface area contributed by atoms with Crippen LogP contribution >= 0.6 is 0 Å². The average molecular weight is 205 g/mol. The minimum absolute atomic E-state index is 0.0262. The van der Waals surface area contributed by atoms with Gasteiger partial charge in [0.05, 0.1) is 18.4 Å². The van der Waals surface area contributed by atoms with Gasteiger partial charge in [-0.1, -0.05) is 5.16 Å². The zero-order chi connectivity index (χ0) is 10.7. The van der Waals surface area contributed by atoms with Gasteiger partial charge in [-0.15, -0.1) is 0 Å². The molecule has 0 unspecified atom stereocenters. The lowest BCUT2D eigenvalue weighted by Crippen LogP contribution is -2.53. The molecule has 0 bridgehead atoms. The van der Waals surface area contributed by atoms with Crippen molar-refractivity contribution in [3.8, 4) is 0 Å². The number of hydrogen-bond donors (Lipinski definition) is 4. The molecule has 1 heterocycles. The van der Waals surface area contributed by atoms with E-state index in [0.29, 0.717) is 5.71 Å². The predicted octanol–water partition coefficient (Wildman–Crippen LogP) is -1.29. The second-order valence-electron chi connectivity index (χ2n) is 3.46. The van der Waals surface area contributed by atoms with Crippen LogP contribution in [0.25, 0.3) is 0 Å². The van der Waals surface area contributed by atoms with Gasteiger partial charge in [0.25, 0.3) is 0 Å². The van der Waals surface area contributed by atoms with Crippen LogP contribution in [0.2, 0.25) is 0 Å². The zero-order valence-electron chi connectivity index (χ0n) is 7.87. The summed E-state index contributed by atoms with van der Waals surface area (Å²) in [6.45, 7) is 1.55. The van der Waals surface area contributed by atoms with E-state index in [1.54, 1.807) is 6.92 Å². The van der Waals surface area contributed by atoms with Crippen molar-refractivity contribution in [3.63, 3.8) is 0 Å². The van der Waals surface area contributed by atoms with Crippen LogP contribution in [-0.2, 0) is 4.74 Å². The van der Waals surface area contributed by atoms with Crippen molar-refractivity contribution in [2.45, 2.75) is 37.8 Å². The lowest BCUT2D eigenvalue weighted by atomic mass is 9.97. The largest absolute Gasteiger partial charge is 0.411 e. The van der Waals surface area contributed by atoms with E-state index in [0.717, 1.165) is 0 Å². The number of aliphatic hydroxyl groups excluding tert-OH is 3. The normalized spacial score (nSPS) is 39.9. The number of ether oxygens (including phenoxy) is 1. The Hall–Kier alpha value is -0.690. The second kappa shape index (κ2) is 4.70. The second-order valence-corrected chi connectivity index (χ2v) is 3.46. The van der Waals surface area contributed by atoms with Crippen LogP contribution in [0.5, 0.6) is 0 Å². The summed E-state index contributed by atoms with van der Waals surface area (Å²) in [7, 11) is 0. The first kappa shape index (κ1) is 11.4. The number of hydrogen-bond acceptors (Lipinski definition) is 6. The first-order chi connectivity index (χ1) is 6.56. The summed E-state index contributed by atoms with van der Waals surface area (Å²) >= 11 is 0. The monoisotopic (exact) mass is 205 g/mol. The lowest BCUT2D eigenvalue weighted by Gasteiger charge is -2.35. The van der Waals surface area contributed by atoms with Crippen molar-refractivity contribution in [1.29, 1.82) is 0 Å². The van der Waals surface area contributed by atoms with Crippen LogP contribution in [0.1, 0.15) is 13.3 Å². The van der Waals surface area contributed by atoms with Gasteiger partial charge in [0.2, 0.25) is 0 Å². The number of nitrogens with zero attached hydrogens (tertiary/aromatic N) is 1. The fourth-order valence-electron chi connectivity index (χ4n) is 1.38. The third-order valence-electron chi connectivity index (χ3n) is 2.27. The van der Waals surface area contributed by atoms with Crippen LogP contribution in [-0.4, -0.2) is 57.3 Å². The molecule has 6 heteroatoms. The molecule has 0 aromatic carbocycles. The summed E-state index contributed by atoms with van der Waals surface area (Å²) in [6.07, 6.45) is -3.84. The van der Waals surface area contributed by atoms with Gasteiger partial charge in [0, 0.05) is 6.42 Å². The van der Waals surface area contributed by atoms with E-state index < -0.39 is 24.4 Å².